The van der Waals surface area contributed by atoms with Crippen molar-refractivity contribution >= 4 is 40.2 Å². The van der Waals surface area contributed by atoms with Crippen LogP contribution in [0.4, 0.5) is 17.1 Å². The summed E-state index contributed by atoms with van der Waals surface area (Å²) in [6.07, 6.45) is 2.57. The number of hydrogen-bond donors (Lipinski definition) is 0. The minimum Gasteiger partial charge on any atom is -0.458 e. The molecule has 3 aliphatic carbocycles. The molecule has 5 aromatic carbocycles. The van der Waals surface area contributed by atoms with Crippen LogP contribution in [0.2, 0.25) is 0 Å². The molecule has 0 amide bonds. The molecule has 5 aliphatic rings. The SMILES string of the molecule is [2H]c1c([2H])c([2H])c(-c2c([2H])c([2H])c3c(c2[2H])B2c4c(cc(C56CC(C5)C6)cc4N(c4c([2H])c([2H])c([2H])c([2H])c4[2H])c4c([2H])c([2H])c([2H])c([2H])c42)O3)c([2H])c1[2H]. The molecule has 0 aromatic heterocycles. The summed E-state index contributed by atoms with van der Waals surface area (Å²) < 4.78 is 156. The number of anilines is 3. The summed E-state index contributed by atoms with van der Waals surface area (Å²) in [4.78, 5) is 1.24. The molecule has 0 N–H and O–H groups in total. The quantitative estimate of drug-likeness (QED) is 0.245. The second-order valence-corrected chi connectivity index (χ2v) is 10.3. The first-order chi connectivity index (χ1) is 25.8. The summed E-state index contributed by atoms with van der Waals surface area (Å²) in [6.45, 7) is -1.35. The van der Waals surface area contributed by atoms with Crippen molar-refractivity contribution in [3.8, 4) is 22.6 Å². The highest BCUT2D eigenvalue weighted by Gasteiger charge is 2.58. The fourth-order valence-corrected chi connectivity index (χ4v) is 6.45. The second kappa shape index (κ2) is 7.42. The van der Waals surface area contributed by atoms with E-state index >= 15 is 0 Å². The number of hydrogen-bond acceptors (Lipinski definition) is 2. The van der Waals surface area contributed by atoms with Crippen molar-refractivity contribution in [2.45, 2.75) is 24.7 Å². The van der Waals surface area contributed by atoms with Crippen LogP contribution in [0, 0.1) is 5.92 Å². The number of fused-ring (bicyclic) bond motifs is 4. The van der Waals surface area contributed by atoms with Gasteiger partial charge in [-0.2, -0.15) is 0 Å². The first-order valence-corrected chi connectivity index (χ1v) is 12.4. The monoisotopic (exact) mass is 504 g/mol. The van der Waals surface area contributed by atoms with E-state index in [9.17, 15) is 5.48 Å². The number of nitrogens with zero attached hydrogens (tertiary/aromatic N) is 1. The Morgan fingerprint density at radius 1 is 0.711 bits per heavy atom. The van der Waals surface area contributed by atoms with Crippen LogP contribution in [-0.2, 0) is 5.41 Å². The van der Waals surface area contributed by atoms with E-state index < -0.39 is 121 Å². The molecule has 0 saturated heterocycles. The van der Waals surface area contributed by atoms with Gasteiger partial charge in [-0.1, -0.05) is 78.6 Å². The molecule has 0 atom stereocenters. The van der Waals surface area contributed by atoms with Crippen molar-refractivity contribution in [3.63, 3.8) is 0 Å². The van der Waals surface area contributed by atoms with Gasteiger partial charge in [-0.3, -0.25) is 0 Å². The third-order valence-electron chi connectivity index (χ3n) is 8.27. The van der Waals surface area contributed by atoms with E-state index in [0.29, 0.717) is 5.92 Å². The lowest BCUT2D eigenvalue weighted by atomic mass is 9.33. The predicted molar refractivity (Wildman–Crippen MR) is 157 cm³/mol. The summed E-state index contributed by atoms with van der Waals surface area (Å²) in [6, 6.07) is -7.73. The fourth-order valence-electron chi connectivity index (χ4n) is 6.45. The van der Waals surface area contributed by atoms with Gasteiger partial charge in [-0.25, -0.2) is 0 Å². The Morgan fingerprint density at radius 3 is 2.21 bits per heavy atom. The van der Waals surface area contributed by atoms with Gasteiger partial charge >= 0.3 is 0 Å². The zero-order chi connectivity index (χ0) is 39.6. The Labute approximate surface area is 247 Å². The Balaban J connectivity index is 1.46. The maximum absolute atomic E-state index is 9.61. The van der Waals surface area contributed by atoms with Gasteiger partial charge in [0, 0.05) is 17.1 Å². The Kier molecular flexibility index (Phi) is 2.05. The molecule has 2 heterocycles. The van der Waals surface area contributed by atoms with E-state index in [1.54, 1.807) is 12.1 Å². The first-order valence-electron chi connectivity index (χ1n) is 20.9. The van der Waals surface area contributed by atoms with Crippen molar-refractivity contribution in [2.75, 3.05) is 4.90 Å². The lowest BCUT2D eigenvalue weighted by molar-refractivity contribution is -0.0274. The predicted octanol–water partition coefficient (Wildman–Crippen LogP) is 6.81. The van der Waals surface area contributed by atoms with Crippen LogP contribution in [0.3, 0.4) is 0 Å². The van der Waals surface area contributed by atoms with Gasteiger partial charge in [0.05, 0.1) is 23.3 Å². The Morgan fingerprint density at radius 2 is 1.45 bits per heavy atom. The van der Waals surface area contributed by atoms with Gasteiger partial charge in [0.25, 0.3) is 6.71 Å². The topological polar surface area (TPSA) is 12.5 Å². The zero-order valence-electron chi connectivity index (χ0n) is 36.8. The first kappa shape index (κ1) is 10.5. The largest absolute Gasteiger partial charge is 0.458 e. The fraction of sp³-hybridized carbons (Fsp3) is 0.143. The third-order valence-corrected chi connectivity index (χ3v) is 8.27. The number of benzene rings is 5. The number of ether oxygens (including phenoxy) is 1. The molecule has 0 radical (unpaired) electrons. The molecule has 2 aliphatic heterocycles. The molecule has 3 fully saturated rings. The molecule has 0 spiro atoms. The molecular formula is C35H26BNO. The second-order valence-electron chi connectivity index (χ2n) is 10.3. The van der Waals surface area contributed by atoms with Crippen LogP contribution in [0.1, 0.15) is 48.1 Å². The van der Waals surface area contributed by atoms with Gasteiger partial charge in [0.15, 0.2) is 0 Å². The Hall–Kier alpha value is -4.24. The van der Waals surface area contributed by atoms with Crippen LogP contribution in [0.25, 0.3) is 11.1 Å². The lowest BCUT2D eigenvalue weighted by Gasteiger charge is -2.62. The molecular weight excluding hydrogens is 461 g/mol. The van der Waals surface area contributed by atoms with Crippen LogP contribution in [-0.4, -0.2) is 6.71 Å². The van der Waals surface area contributed by atoms with Gasteiger partial charge in [0.2, 0.25) is 0 Å². The molecule has 0 unspecified atom stereocenters. The van der Waals surface area contributed by atoms with Crippen LogP contribution < -0.4 is 26.0 Å². The van der Waals surface area contributed by atoms with Gasteiger partial charge in [-0.15, -0.1) is 0 Å². The van der Waals surface area contributed by atoms with Gasteiger partial charge < -0.3 is 9.64 Å². The van der Waals surface area contributed by atoms with E-state index in [1.165, 1.54) is 4.90 Å². The van der Waals surface area contributed by atoms with Crippen molar-refractivity contribution in [3.05, 3.63) is 120 Å². The minimum absolute atomic E-state index is 0.119. The minimum atomic E-state index is -1.35. The van der Waals surface area contributed by atoms with Crippen molar-refractivity contribution < 1.29 is 28.0 Å². The normalized spacial score (nSPS) is 27.6. The van der Waals surface area contributed by atoms with Crippen LogP contribution in [0.15, 0.2) is 115 Å². The average Bonchev–Trinajstić information content (AvgIpc) is 3.12. The third kappa shape index (κ3) is 2.74. The van der Waals surface area contributed by atoms with Crippen LogP contribution >= 0.6 is 0 Å². The summed E-state index contributed by atoms with van der Waals surface area (Å²) >= 11 is 0. The van der Waals surface area contributed by atoms with E-state index in [1.807, 2.05) is 0 Å². The highest BCUT2D eigenvalue weighted by atomic mass is 16.5. The molecule has 2 bridgehead atoms. The number of rotatable bonds is 3. The zero-order valence-corrected chi connectivity index (χ0v) is 19.8. The highest BCUT2D eigenvalue weighted by Crippen LogP contribution is 2.65. The van der Waals surface area contributed by atoms with Crippen molar-refractivity contribution in [1.82, 2.24) is 0 Å². The van der Waals surface area contributed by atoms with Crippen molar-refractivity contribution in [1.29, 1.82) is 0 Å². The molecule has 3 saturated carbocycles. The number of para-hydroxylation sites is 2. The lowest BCUT2D eigenvalue weighted by Crippen LogP contribution is -2.60. The molecule has 10 rings (SSSR count). The van der Waals surface area contributed by atoms with E-state index in [-0.39, 0.29) is 50.4 Å². The van der Waals surface area contributed by atoms with Gasteiger partial charge in [0.1, 0.15) is 11.5 Å². The summed E-state index contributed by atoms with van der Waals surface area (Å²) in [5.41, 5.74) is -1.11. The standard InChI is InChI=1S/C35H26BNO/c1-3-9-24(10-4-1)25-15-16-32-29(17-25)36-28-13-7-8-14-30(28)37(27-11-5-2-6-12-27)31-18-26(19-33(38-32)34(31)36)35-20-23(21-35)22-35/h1-19,23H,20-22H2/i1D,2D,3D,4D,5D,6D,7D,8D,9D,10D,11D,12D,13D,14D,15D,16D,17D. The molecule has 180 valence electrons. The van der Waals surface area contributed by atoms with E-state index in [2.05, 4.69) is 0 Å². The van der Waals surface area contributed by atoms with Crippen molar-refractivity contribution in [2.24, 2.45) is 5.92 Å². The summed E-state index contributed by atoms with van der Waals surface area (Å²) in [5, 5.41) is 0. The van der Waals surface area contributed by atoms with Crippen LogP contribution in [0.5, 0.6) is 11.5 Å². The highest BCUT2D eigenvalue weighted by molar-refractivity contribution is 6.99. The van der Waals surface area contributed by atoms with Gasteiger partial charge in [-0.05, 0) is 100.0 Å². The molecule has 3 heteroatoms. The molecule has 5 aromatic rings. The summed E-state index contributed by atoms with van der Waals surface area (Å²) in [7, 11) is 0. The van der Waals surface area contributed by atoms with E-state index in [4.69, 9.17) is 22.6 Å². The summed E-state index contributed by atoms with van der Waals surface area (Å²) in [5.74, 6) is 0.343. The molecule has 38 heavy (non-hydrogen) atoms. The smallest absolute Gasteiger partial charge is 0.256 e. The maximum Gasteiger partial charge on any atom is 0.256 e. The van der Waals surface area contributed by atoms with E-state index in [0.717, 1.165) is 24.8 Å². The average molecular weight is 505 g/mol. The molecule has 2 nitrogen and oxygen atoms in total. The Bertz CT molecular complexity index is 2610. The maximum atomic E-state index is 9.61.